The molecule has 2 aromatic carbocycles. The Hall–Kier alpha value is 0.280. The molecule has 0 atom stereocenters. The Bertz CT molecular complexity index is 881. The van der Waals surface area contributed by atoms with Crippen molar-refractivity contribution in [2.45, 2.75) is 0 Å². The van der Waals surface area contributed by atoms with Crippen LogP contribution in [-0.4, -0.2) is 11.9 Å². The standard InChI is InChI=1S/C14Cl10O4/c15-3-1(4(16)8(20)11(23)7(3)19)13(25)27-28-14(26)2-5(17)9(21)12(24)10(22)6(2)18. The molecule has 0 spiro atoms. The molecule has 0 aliphatic rings. The zero-order chi connectivity index (χ0) is 21.5. The second kappa shape index (κ2) is 9.61. The van der Waals surface area contributed by atoms with Gasteiger partial charge in [0, 0.05) is 0 Å². The number of hydrogen-bond acceptors (Lipinski definition) is 4. The lowest BCUT2D eigenvalue weighted by Crippen LogP contribution is -2.14. The molecular weight excluding hydrogens is 587 g/mol. The summed E-state index contributed by atoms with van der Waals surface area (Å²) in [5, 5.41) is -2.95. The van der Waals surface area contributed by atoms with Crippen LogP contribution in [0.2, 0.25) is 50.2 Å². The van der Waals surface area contributed by atoms with Crippen LogP contribution in [0.5, 0.6) is 0 Å². The van der Waals surface area contributed by atoms with Gasteiger partial charge in [-0.2, -0.15) is 0 Å². The molecule has 4 nitrogen and oxygen atoms in total. The highest BCUT2D eigenvalue weighted by atomic mass is 35.5. The van der Waals surface area contributed by atoms with Crippen LogP contribution in [0.3, 0.4) is 0 Å². The SMILES string of the molecule is O=C(OOC(=O)c1c(Cl)c(Cl)c(Cl)c(Cl)c1Cl)c1c(Cl)c(Cl)c(Cl)c(Cl)c1Cl. The van der Waals surface area contributed by atoms with Gasteiger partial charge in [-0.05, 0) is 0 Å². The summed E-state index contributed by atoms with van der Waals surface area (Å²) in [4.78, 5) is 33.3. The van der Waals surface area contributed by atoms with Gasteiger partial charge < -0.3 is 0 Å². The van der Waals surface area contributed by atoms with Crippen LogP contribution < -0.4 is 0 Å². The lowest BCUT2D eigenvalue weighted by atomic mass is 10.2. The van der Waals surface area contributed by atoms with E-state index in [1.54, 1.807) is 0 Å². The lowest BCUT2D eigenvalue weighted by molar-refractivity contribution is -0.187. The summed E-state index contributed by atoms with van der Waals surface area (Å²) in [6.45, 7) is 0. The molecule has 0 aliphatic heterocycles. The van der Waals surface area contributed by atoms with Gasteiger partial charge in [-0.25, -0.2) is 19.4 Å². The van der Waals surface area contributed by atoms with Crippen LogP contribution in [0, 0.1) is 0 Å². The van der Waals surface area contributed by atoms with Crippen molar-refractivity contribution in [3.8, 4) is 0 Å². The minimum Gasteiger partial charge on any atom is -0.241 e. The van der Waals surface area contributed by atoms with Crippen LogP contribution in [0.1, 0.15) is 20.7 Å². The largest absolute Gasteiger partial charge is 0.389 e. The summed E-state index contributed by atoms with van der Waals surface area (Å²) < 4.78 is 0. The van der Waals surface area contributed by atoms with Gasteiger partial charge in [0.25, 0.3) is 0 Å². The van der Waals surface area contributed by atoms with E-state index in [1.807, 2.05) is 0 Å². The molecule has 150 valence electrons. The first-order valence-corrected chi connectivity index (χ1v) is 10.2. The summed E-state index contributed by atoms with van der Waals surface area (Å²) in [5.74, 6) is -2.63. The van der Waals surface area contributed by atoms with E-state index in [9.17, 15) is 9.59 Å². The molecule has 14 heteroatoms. The Labute approximate surface area is 207 Å². The van der Waals surface area contributed by atoms with Crippen LogP contribution in [0.25, 0.3) is 0 Å². The van der Waals surface area contributed by atoms with Crippen molar-refractivity contribution in [2.24, 2.45) is 0 Å². The van der Waals surface area contributed by atoms with Gasteiger partial charge in [-0.1, -0.05) is 116 Å². The third kappa shape index (κ3) is 4.47. The predicted molar refractivity (Wildman–Crippen MR) is 114 cm³/mol. The van der Waals surface area contributed by atoms with E-state index >= 15 is 0 Å². The molecule has 2 aromatic rings. The van der Waals surface area contributed by atoms with Gasteiger partial charge in [-0.15, -0.1) is 0 Å². The van der Waals surface area contributed by atoms with E-state index in [4.69, 9.17) is 116 Å². The molecule has 0 fully saturated rings. The molecule has 0 radical (unpaired) electrons. The third-order valence-corrected chi connectivity index (χ3v) is 7.57. The van der Waals surface area contributed by atoms with E-state index < -0.39 is 23.1 Å². The number of halogens is 10. The molecule has 0 heterocycles. The highest BCUT2D eigenvalue weighted by molar-refractivity contribution is 6.57. The Balaban J connectivity index is 2.34. The van der Waals surface area contributed by atoms with Gasteiger partial charge in [0.2, 0.25) is 0 Å². The minimum atomic E-state index is -1.32. The maximum absolute atomic E-state index is 12.2. The van der Waals surface area contributed by atoms with Gasteiger partial charge in [0.05, 0.1) is 50.2 Å². The van der Waals surface area contributed by atoms with Crippen LogP contribution in [0.4, 0.5) is 0 Å². The molecule has 0 bridgehead atoms. The predicted octanol–water partition coefficient (Wildman–Crippen LogP) is 9.15. The number of rotatable bonds is 2. The highest BCUT2D eigenvalue weighted by Gasteiger charge is 2.29. The Morgan fingerprint density at radius 3 is 0.786 bits per heavy atom. The fraction of sp³-hybridized carbons (Fsp3) is 0. The molecule has 0 aromatic heterocycles. The van der Waals surface area contributed by atoms with Crippen LogP contribution in [0.15, 0.2) is 0 Å². The minimum absolute atomic E-state index is 0.184. The summed E-state index contributed by atoms with van der Waals surface area (Å²) in [7, 11) is 0. The Kier molecular flexibility index (Phi) is 8.42. The quantitative estimate of drug-likeness (QED) is 0.152. The van der Waals surface area contributed by atoms with E-state index in [0.717, 1.165) is 0 Å². The van der Waals surface area contributed by atoms with E-state index in [2.05, 4.69) is 9.78 Å². The van der Waals surface area contributed by atoms with Gasteiger partial charge in [0.15, 0.2) is 0 Å². The molecular formula is C14Cl10O4. The van der Waals surface area contributed by atoms with Gasteiger partial charge >= 0.3 is 11.9 Å². The first-order valence-electron chi connectivity index (χ1n) is 6.37. The average molecular weight is 587 g/mol. The lowest BCUT2D eigenvalue weighted by Gasteiger charge is -2.12. The third-order valence-electron chi connectivity index (χ3n) is 3.02. The number of benzene rings is 2. The molecule has 0 amide bonds. The number of carbonyl (C=O) groups is 2. The van der Waals surface area contributed by atoms with Crippen molar-refractivity contribution in [2.75, 3.05) is 0 Å². The molecule has 28 heavy (non-hydrogen) atoms. The van der Waals surface area contributed by atoms with Crippen LogP contribution in [-0.2, 0) is 9.78 Å². The molecule has 0 aliphatic carbocycles. The van der Waals surface area contributed by atoms with Gasteiger partial charge in [-0.3, -0.25) is 0 Å². The highest BCUT2D eigenvalue weighted by Crippen LogP contribution is 2.45. The van der Waals surface area contributed by atoms with Crippen molar-refractivity contribution < 1.29 is 19.4 Å². The van der Waals surface area contributed by atoms with E-state index in [-0.39, 0.29) is 50.2 Å². The zero-order valence-electron chi connectivity index (χ0n) is 12.4. The summed E-state index contributed by atoms with van der Waals surface area (Å²) in [5.41, 5.74) is -1.00. The summed E-state index contributed by atoms with van der Waals surface area (Å²) in [6, 6.07) is 0. The molecule has 2 rings (SSSR count). The second-order valence-corrected chi connectivity index (χ2v) is 8.41. The van der Waals surface area contributed by atoms with Crippen molar-refractivity contribution in [3.05, 3.63) is 61.4 Å². The maximum atomic E-state index is 12.2. The topological polar surface area (TPSA) is 52.6 Å². The van der Waals surface area contributed by atoms with E-state index in [1.165, 1.54) is 0 Å². The maximum Gasteiger partial charge on any atom is 0.389 e. The fourth-order valence-corrected chi connectivity index (χ4v) is 4.31. The Morgan fingerprint density at radius 1 is 0.393 bits per heavy atom. The second-order valence-electron chi connectivity index (χ2n) is 4.63. The van der Waals surface area contributed by atoms with Crippen molar-refractivity contribution in [3.63, 3.8) is 0 Å². The van der Waals surface area contributed by atoms with Crippen LogP contribution >= 0.6 is 116 Å². The molecule has 0 N–H and O–H groups in total. The number of hydrogen-bond donors (Lipinski definition) is 0. The van der Waals surface area contributed by atoms with Crippen molar-refractivity contribution in [1.82, 2.24) is 0 Å². The van der Waals surface area contributed by atoms with Crippen molar-refractivity contribution >= 4 is 128 Å². The molecule has 0 saturated heterocycles. The smallest absolute Gasteiger partial charge is 0.241 e. The normalized spacial score (nSPS) is 10.8. The fourth-order valence-electron chi connectivity index (χ4n) is 1.73. The monoisotopic (exact) mass is 582 g/mol. The first-order chi connectivity index (χ1) is 12.9. The zero-order valence-corrected chi connectivity index (χ0v) is 20.0. The number of carbonyl (C=O) groups excluding carboxylic acids is 2. The van der Waals surface area contributed by atoms with Gasteiger partial charge in [0.1, 0.15) is 11.1 Å². The first kappa shape index (κ1) is 24.5. The molecule has 0 unspecified atom stereocenters. The summed E-state index contributed by atoms with van der Waals surface area (Å²) >= 11 is 58.7. The van der Waals surface area contributed by atoms with Crippen molar-refractivity contribution in [1.29, 1.82) is 0 Å². The average Bonchev–Trinajstić information content (AvgIpc) is 2.66. The molecule has 0 saturated carbocycles. The van der Waals surface area contributed by atoms with E-state index in [0.29, 0.717) is 0 Å². The summed E-state index contributed by atoms with van der Waals surface area (Å²) in [6.07, 6.45) is 0. The Morgan fingerprint density at radius 2 is 0.571 bits per heavy atom.